The van der Waals surface area contributed by atoms with Crippen LogP contribution in [0.25, 0.3) is 0 Å². The summed E-state index contributed by atoms with van der Waals surface area (Å²) >= 11 is 0. The van der Waals surface area contributed by atoms with Crippen LogP contribution in [0.3, 0.4) is 0 Å². The van der Waals surface area contributed by atoms with Crippen molar-refractivity contribution in [1.82, 2.24) is 0 Å². The summed E-state index contributed by atoms with van der Waals surface area (Å²) in [5, 5.41) is 28.7. The maximum atomic E-state index is 11.8. The van der Waals surface area contributed by atoms with E-state index < -0.39 is 30.4 Å². The maximum Gasteiger partial charge on any atom is 0.338 e. The second-order valence-corrected chi connectivity index (χ2v) is 4.75. The Kier molecular flexibility index (Phi) is 5.13. The monoisotopic (exact) mass is 298 g/mol. The highest BCUT2D eigenvalue weighted by Gasteiger charge is 2.39. The quantitative estimate of drug-likeness (QED) is 0.619. The predicted octanol–water partition coefficient (Wildman–Crippen LogP) is -0.667. The van der Waals surface area contributed by atoms with Gasteiger partial charge in [-0.1, -0.05) is 0 Å². The van der Waals surface area contributed by atoms with Gasteiger partial charge in [0.15, 0.2) is 0 Å². The number of aliphatic hydroxyl groups excluding tert-OH is 3. The zero-order valence-corrected chi connectivity index (χ0v) is 11.5. The summed E-state index contributed by atoms with van der Waals surface area (Å²) in [6, 6.07) is 6.32. The van der Waals surface area contributed by atoms with Crippen LogP contribution < -0.4 is 4.74 Å². The molecule has 3 unspecified atom stereocenters. The van der Waals surface area contributed by atoms with Crippen molar-refractivity contribution >= 4 is 5.97 Å². The van der Waals surface area contributed by atoms with Gasteiger partial charge in [-0.25, -0.2) is 4.79 Å². The molecule has 1 aliphatic heterocycles. The van der Waals surface area contributed by atoms with Crippen LogP contribution in [0.2, 0.25) is 0 Å². The smallest absolute Gasteiger partial charge is 0.338 e. The number of hydrogen-bond donors (Lipinski definition) is 3. The van der Waals surface area contributed by atoms with Gasteiger partial charge in [0.1, 0.15) is 36.8 Å². The van der Waals surface area contributed by atoms with E-state index in [2.05, 4.69) is 0 Å². The highest BCUT2D eigenvalue weighted by Crippen LogP contribution is 2.18. The molecular formula is C14H18O7. The molecule has 1 aromatic carbocycles. The van der Waals surface area contributed by atoms with E-state index >= 15 is 0 Å². The molecule has 1 aromatic rings. The molecule has 0 saturated carbocycles. The summed E-state index contributed by atoms with van der Waals surface area (Å²) in [5.41, 5.74) is 0.316. The average molecular weight is 298 g/mol. The van der Waals surface area contributed by atoms with Gasteiger partial charge in [0, 0.05) is 0 Å². The van der Waals surface area contributed by atoms with Gasteiger partial charge >= 0.3 is 5.97 Å². The van der Waals surface area contributed by atoms with Crippen molar-refractivity contribution in [2.45, 2.75) is 24.4 Å². The Hall–Kier alpha value is -1.67. The number of hydrogen-bond acceptors (Lipinski definition) is 7. The SMILES string of the molecule is COc1ccc(C(=O)OCC(O)C2OCC(O)[C@@H]2O)cc1. The van der Waals surface area contributed by atoms with Gasteiger partial charge < -0.3 is 29.5 Å². The normalized spacial score (nSPS) is 26.4. The first-order chi connectivity index (χ1) is 10.0. The molecule has 1 saturated heterocycles. The van der Waals surface area contributed by atoms with Crippen LogP contribution >= 0.6 is 0 Å². The lowest BCUT2D eigenvalue weighted by Gasteiger charge is -2.20. The Morgan fingerprint density at radius 2 is 2.05 bits per heavy atom. The third-order valence-electron chi connectivity index (χ3n) is 3.28. The summed E-state index contributed by atoms with van der Waals surface area (Å²) < 4.78 is 15.0. The van der Waals surface area contributed by atoms with Crippen LogP contribution in [-0.2, 0) is 9.47 Å². The minimum absolute atomic E-state index is 0.0602. The molecule has 0 aromatic heterocycles. The van der Waals surface area contributed by atoms with E-state index in [0.717, 1.165) is 0 Å². The van der Waals surface area contributed by atoms with Crippen molar-refractivity contribution < 1.29 is 34.3 Å². The second-order valence-electron chi connectivity index (χ2n) is 4.75. The van der Waals surface area contributed by atoms with Gasteiger partial charge in [-0.05, 0) is 24.3 Å². The van der Waals surface area contributed by atoms with E-state index in [1.165, 1.54) is 19.2 Å². The van der Waals surface area contributed by atoms with Crippen molar-refractivity contribution in [1.29, 1.82) is 0 Å². The minimum Gasteiger partial charge on any atom is -0.497 e. The van der Waals surface area contributed by atoms with Crippen LogP contribution in [-0.4, -0.2) is 66.0 Å². The fraction of sp³-hybridized carbons (Fsp3) is 0.500. The number of methoxy groups -OCH3 is 1. The van der Waals surface area contributed by atoms with Crippen molar-refractivity contribution in [3.63, 3.8) is 0 Å². The second kappa shape index (κ2) is 6.86. The first-order valence-electron chi connectivity index (χ1n) is 6.50. The number of carbonyl (C=O) groups is 1. The van der Waals surface area contributed by atoms with E-state index in [-0.39, 0.29) is 13.2 Å². The molecule has 116 valence electrons. The van der Waals surface area contributed by atoms with Crippen molar-refractivity contribution in [2.24, 2.45) is 0 Å². The van der Waals surface area contributed by atoms with Gasteiger partial charge in [0.25, 0.3) is 0 Å². The van der Waals surface area contributed by atoms with Crippen LogP contribution in [0.15, 0.2) is 24.3 Å². The van der Waals surface area contributed by atoms with E-state index in [4.69, 9.17) is 14.2 Å². The van der Waals surface area contributed by atoms with Crippen LogP contribution in [0, 0.1) is 0 Å². The largest absolute Gasteiger partial charge is 0.497 e. The lowest BCUT2D eigenvalue weighted by molar-refractivity contribution is -0.0726. The van der Waals surface area contributed by atoms with Crippen LogP contribution in [0.1, 0.15) is 10.4 Å². The molecule has 7 nitrogen and oxygen atoms in total. The summed E-state index contributed by atoms with van der Waals surface area (Å²) in [5.74, 6) is 0.00721. The molecule has 1 fully saturated rings. The number of esters is 1. The molecule has 7 heteroatoms. The molecular weight excluding hydrogens is 280 g/mol. The Morgan fingerprint density at radius 1 is 1.38 bits per heavy atom. The Balaban J connectivity index is 1.85. The van der Waals surface area contributed by atoms with Gasteiger partial charge in [0.05, 0.1) is 19.3 Å². The van der Waals surface area contributed by atoms with Crippen molar-refractivity contribution in [3.8, 4) is 5.75 Å². The van der Waals surface area contributed by atoms with Crippen LogP contribution in [0.5, 0.6) is 5.75 Å². The predicted molar refractivity (Wildman–Crippen MR) is 71.0 cm³/mol. The lowest BCUT2D eigenvalue weighted by Crippen LogP contribution is -2.41. The van der Waals surface area contributed by atoms with E-state index in [1.807, 2.05) is 0 Å². The van der Waals surface area contributed by atoms with Crippen molar-refractivity contribution in [2.75, 3.05) is 20.3 Å². The number of carbonyl (C=O) groups excluding carboxylic acids is 1. The fourth-order valence-electron chi connectivity index (χ4n) is 2.03. The zero-order valence-electron chi connectivity index (χ0n) is 11.5. The van der Waals surface area contributed by atoms with Gasteiger partial charge in [0.2, 0.25) is 0 Å². The van der Waals surface area contributed by atoms with E-state index in [9.17, 15) is 20.1 Å². The number of aliphatic hydroxyl groups is 3. The fourth-order valence-corrected chi connectivity index (χ4v) is 2.03. The molecule has 0 spiro atoms. The third-order valence-corrected chi connectivity index (χ3v) is 3.28. The lowest BCUT2D eigenvalue weighted by atomic mass is 10.1. The summed E-state index contributed by atoms with van der Waals surface area (Å²) in [6.45, 7) is -0.394. The molecule has 1 heterocycles. The molecule has 1 aliphatic rings. The highest BCUT2D eigenvalue weighted by atomic mass is 16.6. The van der Waals surface area contributed by atoms with Gasteiger partial charge in [-0.2, -0.15) is 0 Å². The molecule has 0 radical (unpaired) electrons. The first kappa shape index (κ1) is 15.7. The zero-order chi connectivity index (χ0) is 15.4. The summed E-state index contributed by atoms with van der Waals surface area (Å²) in [7, 11) is 1.52. The molecule has 0 aliphatic carbocycles. The topological polar surface area (TPSA) is 105 Å². The Morgan fingerprint density at radius 3 is 2.57 bits per heavy atom. The molecule has 2 rings (SSSR count). The Labute approximate surface area is 121 Å². The van der Waals surface area contributed by atoms with E-state index in [0.29, 0.717) is 11.3 Å². The van der Waals surface area contributed by atoms with Crippen molar-refractivity contribution in [3.05, 3.63) is 29.8 Å². The standard InChI is InChI=1S/C14H18O7/c1-19-9-4-2-8(3-5-9)14(18)21-7-11(16)13-12(17)10(15)6-20-13/h2-5,10-13,15-17H,6-7H2,1H3/t10?,11?,12-,13?/m0/s1. The van der Waals surface area contributed by atoms with E-state index in [1.54, 1.807) is 12.1 Å². The molecule has 0 bridgehead atoms. The van der Waals surface area contributed by atoms with Crippen LogP contribution in [0.4, 0.5) is 0 Å². The Bertz CT molecular complexity index is 473. The highest BCUT2D eigenvalue weighted by molar-refractivity contribution is 5.89. The molecule has 0 amide bonds. The van der Waals surface area contributed by atoms with Gasteiger partial charge in [-0.15, -0.1) is 0 Å². The minimum atomic E-state index is -1.21. The molecule has 3 N–H and O–H groups in total. The third kappa shape index (κ3) is 3.70. The molecule has 4 atom stereocenters. The maximum absolute atomic E-state index is 11.8. The molecule has 21 heavy (non-hydrogen) atoms. The summed E-state index contributed by atoms with van der Waals surface area (Å²) in [6.07, 6.45) is -4.41. The first-order valence-corrected chi connectivity index (χ1v) is 6.50. The number of rotatable bonds is 5. The number of ether oxygens (including phenoxy) is 3. The van der Waals surface area contributed by atoms with Gasteiger partial charge in [-0.3, -0.25) is 0 Å². The number of benzene rings is 1. The average Bonchev–Trinajstić information content (AvgIpc) is 2.84. The summed E-state index contributed by atoms with van der Waals surface area (Å²) in [4.78, 5) is 11.8.